The second kappa shape index (κ2) is 10.0. The lowest BCUT2D eigenvalue weighted by molar-refractivity contribution is -0.128. The van der Waals surface area contributed by atoms with Crippen LogP contribution in [0.4, 0.5) is 0 Å². The van der Waals surface area contributed by atoms with Crippen LogP contribution in [0.15, 0.2) is 47.0 Å². The molecule has 1 aliphatic heterocycles. The summed E-state index contributed by atoms with van der Waals surface area (Å²) in [5, 5.41) is 6.90. The number of furan rings is 1. The van der Waals surface area contributed by atoms with Crippen molar-refractivity contribution >= 4 is 22.7 Å². The molecule has 2 aromatic heterocycles. The maximum absolute atomic E-state index is 13.2. The largest absolute Gasteiger partial charge is 0.465 e. The van der Waals surface area contributed by atoms with Crippen LogP contribution in [0.2, 0.25) is 0 Å². The number of nitrogens with zero attached hydrogens (tertiary/aromatic N) is 1. The van der Waals surface area contributed by atoms with Gasteiger partial charge >= 0.3 is 0 Å². The fourth-order valence-electron chi connectivity index (χ4n) is 4.23. The Morgan fingerprint density at radius 3 is 2.66 bits per heavy atom. The molecule has 0 spiro atoms. The SMILES string of the molecule is CC(=O)N[C@@H](Cc1c[nH]c2ccccc12)C(=O)NC[C@H](c1ccc(C)o1)N1CCOCC1. The molecule has 3 aromatic rings. The van der Waals surface area contributed by atoms with E-state index in [4.69, 9.17) is 9.15 Å². The number of carbonyl (C=O) groups excluding carboxylic acids is 2. The van der Waals surface area contributed by atoms with Gasteiger partial charge in [-0.05, 0) is 30.7 Å². The summed E-state index contributed by atoms with van der Waals surface area (Å²) in [6.07, 6.45) is 2.30. The van der Waals surface area contributed by atoms with Crippen LogP contribution >= 0.6 is 0 Å². The Bertz CT molecular complexity index is 1070. The van der Waals surface area contributed by atoms with Crippen LogP contribution in [0.3, 0.4) is 0 Å². The van der Waals surface area contributed by atoms with E-state index in [1.165, 1.54) is 6.92 Å². The molecule has 0 radical (unpaired) electrons. The van der Waals surface area contributed by atoms with Crippen molar-refractivity contribution in [1.29, 1.82) is 0 Å². The van der Waals surface area contributed by atoms with Crippen molar-refractivity contribution in [3.63, 3.8) is 0 Å². The summed E-state index contributed by atoms with van der Waals surface area (Å²) in [5.41, 5.74) is 1.99. The van der Waals surface area contributed by atoms with Gasteiger partial charge in [-0.2, -0.15) is 0 Å². The van der Waals surface area contributed by atoms with Crippen LogP contribution in [0.1, 0.15) is 30.0 Å². The third-order valence-corrected chi connectivity index (χ3v) is 5.84. The molecular weight excluding hydrogens is 408 g/mol. The number of aryl methyl sites for hydroxylation is 1. The summed E-state index contributed by atoms with van der Waals surface area (Å²) < 4.78 is 11.4. The van der Waals surface area contributed by atoms with Gasteiger partial charge in [-0.3, -0.25) is 14.5 Å². The number of rotatable bonds is 8. The number of aromatic amines is 1. The van der Waals surface area contributed by atoms with Gasteiger partial charge in [0.25, 0.3) is 0 Å². The third-order valence-electron chi connectivity index (χ3n) is 5.84. The normalized spacial score (nSPS) is 16.6. The van der Waals surface area contributed by atoms with Gasteiger partial charge in [-0.15, -0.1) is 0 Å². The summed E-state index contributed by atoms with van der Waals surface area (Å²) in [5.74, 6) is 1.20. The molecule has 3 N–H and O–H groups in total. The summed E-state index contributed by atoms with van der Waals surface area (Å²) in [4.78, 5) is 30.5. The zero-order chi connectivity index (χ0) is 22.5. The maximum atomic E-state index is 13.2. The standard InChI is InChI=1S/C24H30N4O4/c1-16-7-8-23(32-16)22(28-9-11-31-12-10-28)15-26-24(30)21(27-17(2)29)13-18-14-25-20-6-4-3-5-19(18)20/h3-8,14,21-22,25H,9-13,15H2,1-2H3,(H,26,30)(H,27,29)/t21-,22+/m0/s1. The van der Waals surface area contributed by atoms with E-state index in [-0.39, 0.29) is 17.9 Å². The Labute approximate surface area is 187 Å². The first-order valence-corrected chi connectivity index (χ1v) is 11.0. The minimum atomic E-state index is -0.671. The average Bonchev–Trinajstić information content (AvgIpc) is 3.40. The van der Waals surface area contributed by atoms with Gasteiger partial charge in [-0.1, -0.05) is 18.2 Å². The molecule has 3 heterocycles. The van der Waals surface area contributed by atoms with Crippen molar-refractivity contribution in [3.05, 3.63) is 59.7 Å². The molecule has 8 nitrogen and oxygen atoms in total. The van der Waals surface area contributed by atoms with Crippen molar-refractivity contribution in [3.8, 4) is 0 Å². The van der Waals surface area contributed by atoms with Gasteiger partial charge in [0.1, 0.15) is 17.6 Å². The molecule has 8 heteroatoms. The van der Waals surface area contributed by atoms with E-state index in [2.05, 4.69) is 20.5 Å². The lowest BCUT2D eigenvalue weighted by Gasteiger charge is -2.33. The predicted molar refractivity (Wildman–Crippen MR) is 121 cm³/mol. The topological polar surface area (TPSA) is 99.6 Å². The molecule has 1 saturated heterocycles. The average molecular weight is 439 g/mol. The lowest BCUT2D eigenvalue weighted by atomic mass is 10.0. The summed E-state index contributed by atoms with van der Waals surface area (Å²) in [6, 6.07) is 11.1. The Hall–Kier alpha value is -3.10. The highest BCUT2D eigenvalue weighted by Gasteiger charge is 2.28. The highest BCUT2D eigenvalue weighted by Crippen LogP contribution is 2.24. The van der Waals surface area contributed by atoms with Gasteiger partial charge in [0.2, 0.25) is 11.8 Å². The summed E-state index contributed by atoms with van der Waals surface area (Å²) in [6.45, 7) is 6.56. The van der Waals surface area contributed by atoms with E-state index in [9.17, 15) is 9.59 Å². The number of carbonyl (C=O) groups is 2. The van der Waals surface area contributed by atoms with Crippen molar-refractivity contribution in [2.24, 2.45) is 0 Å². The first-order valence-electron chi connectivity index (χ1n) is 11.0. The Kier molecular flexibility index (Phi) is 6.92. The van der Waals surface area contributed by atoms with E-state index >= 15 is 0 Å². The van der Waals surface area contributed by atoms with E-state index in [0.29, 0.717) is 26.2 Å². The zero-order valence-corrected chi connectivity index (χ0v) is 18.5. The zero-order valence-electron chi connectivity index (χ0n) is 18.5. The van der Waals surface area contributed by atoms with E-state index < -0.39 is 6.04 Å². The number of amides is 2. The van der Waals surface area contributed by atoms with Crippen molar-refractivity contribution in [1.82, 2.24) is 20.5 Å². The number of nitrogens with one attached hydrogen (secondary N) is 3. The van der Waals surface area contributed by atoms with Crippen LogP contribution in [0, 0.1) is 6.92 Å². The van der Waals surface area contributed by atoms with Crippen LogP contribution in [0.25, 0.3) is 10.9 Å². The monoisotopic (exact) mass is 438 g/mol. The molecule has 0 saturated carbocycles. The van der Waals surface area contributed by atoms with Gasteiger partial charge in [0.05, 0.1) is 19.3 Å². The van der Waals surface area contributed by atoms with Crippen LogP contribution in [-0.4, -0.2) is 60.6 Å². The van der Waals surface area contributed by atoms with Crippen molar-refractivity contribution in [2.45, 2.75) is 32.4 Å². The minimum absolute atomic E-state index is 0.0948. The second-order valence-corrected chi connectivity index (χ2v) is 8.17. The highest BCUT2D eigenvalue weighted by molar-refractivity contribution is 5.89. The number of aromatic nitrogens is 1. The lowest BCUT2D eigenvalue weighted by Crippen LogP contribution is -2.50. The van der Waals surface area contributed by atoms with Crippen LogP contribution in [0.5, 0.6) is 0 Å². The molecular formula is C24H30N4O4. The van der Waals surface area contributed by atoms with E-state index in [1.54, 1.807) is 0 Å². The van der Waals surface area contributed by atoms with Gasteiger partial charge in [0, 0.05) is 50.1 Å². The molecule has 32 heavy (non-hydrogen) atoms. The Morgan fingerprint density at radius 2 is 1.94 bits per heavy atom. The summed E-state index contributed by atoms with van der Waals surface area (Å²) >= 11 is 0. The van der Waals surface area contributed by atoms with Gasteiger partial charge < -0.3 is 24.8 Å². The summed E-state index contributed by atoms with van der Waals surface area (Å²) in [7, 11) is 0. The highest BCUT2D eigenvalue weighted by atomic mass is 16.5. The second-order valence-electron chi connectivity index (χ2n) is 8.17. The maximum Gasteiger partial charge on any atom is 0.242 e. The van der Waals surface area contributed by atoms with Gasteiger partial charge in [0.15, 0.2) is 0 Å². The number of benzene rings is 1. The molecule has 0 aliphatic carbocycles. The molecule has 1 aliphatic rings. The number of para-hydroxylation sites is 1. The number of hydrogen-bond donors (Lipinski definition) is 3. The minimum Gasteiger partial charge on any atom is -0.465 e. The predicted octanol–water partition coefficient (Wildman–Crippen LogP) is 2.31. The third kappa shape index (κ3) is 5.20. The van der Waals surface area contributed by atoms with Crippen LogP contribution < -0.4 is 10.6 Å². The van der Waals surface area contributed by atoms with Crippen molar-refractivity contribution in [2.75, 3.05) is 32.8 Å². The number of H-pyrrole nitrogens is 1. The Balaban J connectivity index is 1.48. The number of fused-ring (bicyclic) bond motifs is 1. The quantitative estimate of drug-likeness (QED) is 0.501. The molecule has 2 atom stereocenters. The molecule has 1 fully saturated rings. The number of morpholine rings is 1. The first kappa shape index (κ1) is 22.1. The Morgan fingerprint density at radius 1 is 1.16 bits per heavy atom. The molecule has 0 unspecified atom stereocenters. The first-order chi connectivity index (χ1) is 15.5. The molecule has 2 amide bonds. The van der Waals surface area contributed by atoms with E-state index in [1.807, 2.05) is 49.5 Å². The number of hydrogen-bond acceptors (Lipinski definition) is 5. The number of ether oxygens (including phenoxy) is 1. The molecule has 170 valence electrons. The molecule has 1 aromatic carbocycles. The fraction of sp³-hybridized carbons (Fsp3) is 0.417. The fourth-order valence-corrected chi connectivity index (χ4v) is 4.23. The molecule has 0 bridgehead atoms. The smallest absolute Gasteiger partial charge is 0.242 e. The van der Waals surface area contributed by atoms with Crippen LogP contribution in [-0.2, 0) is 20.7 Å². The van der Waals surface area contributed by atoms with Crippen molar-refractivity contribution < 1.29 is 18.7 Å². The van der Waals surface area contributed by atoms with Gasteiger partial charge in [-0.25, -0.2) is 0 Å². The van der Waals surface area contributed by atoms with E-state index in [0.717, 1.165) is 41.1 Å². The molecule has 4 rings (SSSR count).